The first kappa shape index (κ1) is 29.0. The fourth-order valence-electron chi connectivity index (χ4n) is 3.06. The number of carbonyl (C=O) groups is 3. The fourth-order valence-corrected chi connectivity index (χ4v) is 3.06. The number of nitrogens with two attached hydrogens (primary N) is 1. The van der Waals surface area contributed by atoms with E-state index in [9.17, 15) is 9.90 Å². The van der Waals surface area contributed by atoms with Gasteiger partial charge in [0.15, 0.2) is 5.78 Å². The highest BCUT2D eigenvalue weighted by Crippen LogP contribution is 2.17. The SMILES string of the molecule is CCc1cc(C(=O)CCCc2ccc(C)cc2)ccc1COC[C@@](C)(N)CO.O=C(O)C(=O)O. The Labute approximate surface area is 200 Å². The molecule has 0 aliphatic rings. The lowest BCUT2D eigenvalue weighted by atomic mass is 9.97. The van der Waals surface area contributed by atoms with Crippen molar-refractivity contribution in [1.82, 2.24) is 0 Å². The van der Waals surface area contributed by atoms with E-state index in [1.54, 1.807) is 6.92 Å². The van der Waals surface area contributed by atoms with Crippen LogP contribution in [-0.4, -0.2) is 51.8 Å². The van der Waals surface area contributed by atoms with Gasteiger partial charge in [-0.15, -0.1) is 0 Å². The van der Waals surface area contributed by atoms with Gasteiger partial charge in [0.25, 0.3) is 0 Å². The van der Waals surface area contributed by atoms with Crippen LogP contribution >= 0.6 is 0 Å². The van der Waals surface area contributed by atoms with Crippen LogP contribution < -0.4 is 5.73 Å². The van der Waals surface area contributed by atoms with Gasteiger partial charge in [0, 0.05) is 12.0 Å². The number of carboxylic acids is 2. The van der Waals surface area contributed by atoms with Gasteiger partial charge in [0.05, 0.1) is 25.4 Å². The number of carboxylic acid groups (broad SMARTS) is 2. The van der Waals surface area contributed by atoms with Crippen LogP contribution in [0.2, 0.25) is 0 Å². The number of benzene rings is 2. The standard InChI is InChI=1S/C24H33NO3.C2H2O4/c1-4-20-14-21(12-13-22(20)15-28-17-24(3,25)16-26)23(27)7-5-6-19-10-8-18(2)9-11-19;3-1(4)2(5)6/h8-14,26H,4-7,15-17,25H2,1-3H3;(H,3,4)(H,5,6)/t24-;/m0./s1. The summed E-state index contributed by atoms with van der Waals surface area (Å²) in [4.78, 5) is 30.8. The van der Waals surface area contributed by atoms with Crippen molar-refractivity contribution in [3.8, 4) is 0 Å². The van der Waals surface area contributed by atoms with Crippen molar-refractivity contribution in [1.29, 1.82) is 0 Å². The zero-order chi connectivity index (χ0) is 25.7. The molecule has 0 heterocycles. The second kappa shape index (κ2) is 14.2. The number of ether oxygens (including phenoxy) is 1. The van der Waals surface area contributed by atoms with E-state index in [4.69, 9.17) is 30.3 Å². The second-order valence-corrected chi connectivity index (χ2v) is 8.51. The van der Waals surface area contributed by atoms with E-state index in [2.05, 4.69) is 38.1 Å². The summed E-state index contributed by atoms with van der Waals surface area (Å²) in [6, 6.07) is 14.3. The first-order chi connectivity index (χ1) is 16.0. The van der Waals surface area contributed by atoms with Gasteiger partial charge < -0.3 is 25.8 Å². The van der Waals surface area contributed by atoms with Crippen molar-refractivity contribution in [2.24, 2.45) is 5.73 Å². The van der Waals surface area contributed by atoms with Crippen molar-refractivity contribution in [2.45, 2.75) is 58.6 Å². The summed E-state index contributed by atoms with van der Waals surface area (Å²) in [5.41, 5.74) is 10.6. The lowest BCUT2D eigenvalue weighted by Crippen LogP contribution is -2.44. The summed E-state index contributed by atoms with van der Waals surface area (Å²) in [6.45, 7) is 6.50. The van der Waals surface area contributed by atoms with Gasteiger partial charge in [0.1, 0.15) is 0 Å². The minimum Gasteiger partial charge on any atom is -0.473 e. The summed E-state index contributed by atoms with van der Waals surface area (Å²) in [5, 5.41) is 24.0. The quantitative estimate of drug-likeness (QED) is 0.287. The Morgan fingerprint density at radius 3 is 2.15 bits per heavy atom. The number of ketones is 1. The lowest BCUT2D eigenvalue weighted by molar-refractivity contribution is -0.159. The number of Topliss-reactive ketones (excluding diaryl/α,β-unsaturated/α-hetero) is 1. The minimum atomic E-state index is -1.82. The molecule has 0 saturated carbocycles. The van der Waals surface area contributed by atoms with Gasteiger partial charge in [-0.25, -0.2) is 9.59 Å². The van der Waals surface area contributed by atoms with E-state index in [1.165, 1.54) is 11.1 Å². The third-order valence-corrected chi connectivity index (χ3v) is 5.13. The van der Waals surface area contributed by atoms with Crippen molar-refractivity contribution in [3.63, 3.8) is 0 Å². The Kier molecular flexibility index (Phi) is 12.1. The maximum atomic E-state index is 12.6. The van der Waals surface area contributed by atoms with E-state index in [0.717, 1.165) is 36.0 Å². The van der Waals surface area contributed by atoms with Gasteiger partial charge in [-0.3, -0.25) is 4.79 Å². The molecule has 0 radical (unpaired) electrons. The predicted octanol–water partition coefficient (Wildman–Crippen LogP) is 3.14. The van der Waals surface area contributed by atoms with Crippen LogP contribution in [0.4, 0.5) is 0 Å². The van der Waals surface area contributed by atoms with Crippen LogP contribution in [0.1, 0.15) is 59.3 Å². The van der Waals surface area contributed by atoms with Crippen LogP contribution in [-0.2, 0) is 33.8 Å². The van der Waals surface area contributed by atoms with Gasteiger partial charge in [-0.05, 0) is 55.9 Å². The molecule has 186 valence electrons. The molecule has 0 aliphatic heterocycles. The molecule has 0 amide bonds. The van der Waals surface area contributed by atoms with Crippen molar-refractivity contribution in [2.75, 3.05) is 13.2 Å². The first-order valence-corrected chi connectivity index (χ1v) is 11.1. The highest BCUT2D eigenvalue weighted by Gasteiger charge is 2.17. The largest absolute Gasteiger partial charge is 0.473 e. The zero-order valence-corrected chi connectivity index (χ0v) is 20.0. The van der Waals surface area contributed by atoms with Crippen LogP contribution in [0.3, 0.4) is 0 Å². The summed E-state index contributed by atoms with van der Waals surface area (Å²) < 4.78 is 5.67. The van der Waals surface area contributed by atoms with Crippen LogP contribution in [0.25, 0.3) is 0 Å². The van der Waals surface area contributed by atoms with Crippen LogP contribution in [0, 0.1) is 6.92 Å². The third-order valence-electron chi connectivity index (χ3n) is 5.13. The van der Waals surface area contributed by atoms with Crippen molar-refractivity contribution < 1.29 is 34.4 Å². The summed E-state index contributed by atoms with van der Waals surface area (Å²) >= 11 is 0. The predicted molar refractivity (Wildman–Crippen MR) is 129 cm³/mol. The molecule has 0 unspecified atom stereocenters. The van der Waals surface area contributed by atoms with Gasteiger partial charge in [-0.1, -0.05) is 48.9 Å². The Morgan fingerprint density at radius 2 is 1.62 bits per heavy atom. The van der Waals surface area contributed by atoms with E-state index < -0.39 is 17.5 Å². The molecular formula is C26H35NO7. The third kappa shape index (κ3) is 10.7. The van der Waals surface area contributed by atoms with Crippen molar-refractivity contribution in [3.05, 3.63) is 70.3 Å². The number of aliphatic hydroxyl groups is 1. The average molecular weight is 474 g/mol. The molecule has 5 N–H and O–H groups in total. The molecule has 2 aromatic rings. The van der Waals surface area contributed by atoms with Gasteiger partial charge in [0.2, 0.25) is 0 Å². The molecule has 0 aliphatic carbocycles. The summed E-state index contributed by atoms with van der Waals surface area (Å²) in [6.07, 6.45) is 3.16. The Balaban J connectivity index is 0.000000852. The lowest BCUT2D eigenvalue weighted by Gasteiger charge is -2.21. The smallest absolute Gasteiger partial charge is 0.414 e. The Hall–Kier alpha value is -3.07. The molecule has 0 fully saturated rings. The molecule has 8 nitrogen and oxygen atoms in total. The van der Waals surface area contributed by atoms with E-state index in [1.807, 2.05) is 18.2 Å². The fraction of sp³-hybridized carbons (Fsp3) is 0.423. The number of aliphatic carboxylic acids is 2. The number of hydrogen-bond acceptors (Lipinski definition) is 6. The van der Waals surface area contributed by atoms with Crippen LogP contribution in [0.15, 0.2) is 42.5 Å². The maximum absolute atomic E-state index is 12.6. The van der Waals surface area contributed by atoms with Crippen LogP contribution in [0.5, 0.6) is 0 Å². The second-order valence-electron chi connectivity index (χ2n) is 8.51. The van der Waals surface area contributed by atoms with Gasteiger partial charge >= 0.3 is 11.9 Å². The average Bonchev–Trinajstić information content (AvgIpc) is 2.80. The molecule has 2 aromatic carbocycles. The number of aryl methyl sites for hydroxylation is 3. The van der Waals surface area contributed by atoms with E-state index in [-0.39, 0.29) is 19.0 Å². The Bertz CT molecular complexity index is 940. The molecule has 0 bridgehead atoms. The highest BCUT2D eigenvalue weighted by atomic mass is 16.5. The molecule has 0 saturated heterocycles. The number of hydrogen-bond donors (Lipinski definition) is 4. The molecule has 2 rings (SSSR count). The normalized spacial score (nSPS) is 12.3. The molecule has 0 spiro atoms. The minimum absolute atomic E-state index is 0.121. The molecule has 8 heteroatoms. The first-order valence-electron chi connectivity index (χ1n) is 11.1. The Morgan fingerprint density at radius 1 is 1.00 bits per heavy atom. The number of aliphatic hydroxyl groups excluding tert-OH is 1. The van der Waals surface area contributed by atoms with E-state index in [0.29, 0.717) is 13.0 Å². The topological polar surface area (TPSA) is 147 Å². The number of rotatable bonds is 11. The molecular weight excluding hydrogens is 438 g/mol. The molecule has 1 atom stereocenters. The monoisotopic (exact) mass is 473 g/mol. The zero-order valence-electron chi connectivity index (χ0n) is 20.0. The summed E-state index contributed by atoms with van der Waals surface area (Å²) in [5.74, 6) is -3.46. The molecule has 0 aromatic heterocycles. The maximum Gasteiger partial charge on any atom is 0.414 e. The van der Waals surface area contributed by atoms with Gasteiger partial charge in [-0.2, -0.15) is 0 Å². The summed E-state index contributed by atoms with van der Waals surface area (Å²) in [7, 11) is 0. The van der Waals surface area contributed by atoms with E-state index >= 15 is 0 Å². The molecule has 34 heavy (non-hydrogen) atoms. The van der Waals surface area contributed by atoms with Crippen molar-refractivity contribution >= 4 is 17.7 Å². The highest BCUT2D eigenvalue weighted by molar-refractivity contribution is 6.27. The number of carbonyl (C=O) groups excluding carboxylic acids is 1.